The molecule has 1 aliphatic rings. The van der Waals surface area contributed by atoms with Crippen molar-refractivity contribution in [2.75, 3.05) is 13.2 Å². The summed E-state index contributed by atoms with van der Waals surface area (Å²) in [5.74, 6) is 0. The molecule has 0 aliphatic heterocycles. The highest BCUT2D eigenvalue weighted by atomic mass is 32.1. The first-order valence-corrected chi connectivity index (χ1v) is 7.22. The monoisotopic (exact) mass is 255 g/mol. The van der Waals surface area contributed by atoms with E-state index in [9.17, 15) is 0 Å². The van der Waals surface area contributed by atoms with Crippen LogP contribution in [0.5, 0.6) is 0 Å². The molecule has 0 bridgehead atoms. The highest BCUT2D eigenvalue weighted by Crippen LogP contribution is 2.28. The second-order valence-electron chi connectivity index (χ2n) is 4.25. The first kappa shape index (κ1) is 13.0. The molecule has 3 nitrogen and oxygen atoms in total. The van der Waals surface area contributed by atoms with Crippen LogP contribution in [0.15, 0.2) is 17.5 Å². The molecule has 3 unspecified atom stereocenters. The van der Waals surface area contributed by atoms with Crippen LogP contribution in [-0.2, 0) is 16.1 Å². The number of ether oxygens (including phenoxy) is 2. The first-order valence-electron chi connectivity index (χ1n) is 6.34. The summed E-state index contributed by atoms with van der Waals surface area (Å²) in [5.41, 5.74) is 0. The molecule has 0 amide bonds. The van der Waals surface area contributed by atoms with E-state index in [0.717, 1.165) is 19.6 Å². The Labute approximate surface area is 107 Å². The van der Waals surface area contributed by atoms with Gasteiger partial charge in [0.2, 0.25) is 0 Å². The van der Waals surface area contributed by atoms with Crippen molar-refractivity contribution in [2.45, 2.75) is 45.1 Å². The zero-order valence-corrected chi connectivity index (χ0v) is 11.3. The van der Waals surface area contributed by atoms with Crippen LogP contribution >= 0.6 is 11.3 Å². The predicted octanol–water partition coefficient (Wildman–Crippen LogP) is 2.42. The van der Waals surface area contributed by atoms with E-state index in [1.54, 1.807) is 11.3 Å². The van der Waals surface area contributed by atoms with E-state index in [1.807, 2.05) is 6.92 Å². The molecule has 0 aromatic carbocycles. The molecule has 17 heavy (non-hydrogen) atoms. The van der Waals surface area contributed by atoms with Gasteiger partial charge < -0.3 is 14.8 Å². The van der Waals surface area contributed by atoms with Crippen LogP contribution in [0.3, 0.4) is 0 Å². The molecule has 0 radical (unpaired) electrons. The van der Waals surface area contributed by atoms with Gasteiger partial charge in [0.1, 0.15) is 0 Å². The lowest BCUT2D eigenvalue weighted by Crippen LogP contribution is -2.60. The smallest absolute Gasteiger partial charge is 0.0990 e. The summed E-state index contributed by atoms with van der Waals surface area (Å²) < 4.78 is 11.7. The van der Waals surface area contributed by atoms with Crippen LogP contribution in [0.4, 0.5) is 0 Å². The number of likely N-dealkylation sites (N-methyl/N-ethyl adjacent to an activating group) is 1. The third-order valence-corrected chi connectivity index (χ3v) is 3.94. The van der Waals surface area contributed by atoms with Gasteiger partial charge in [-0.05, 0) is 31.3 Å². The number of thiophene rings is 1. The Bertz CT molecular complexity index is 315. The molecule has 0 saturated heterocycles. The number of rotatable bonds is 7. The van der Waals surface area contributed by atoms with Crippen LogP contribution in [0.2, 0.25) is 0 Å². The summed E-state index contributed by atoms with van der Waals surface area (Å²) in [6.45, 7) is 6.63. The minimum Gasteiger partial charge on any atom is -0.374 e. The molecule has 1 aliphatic carbocycles. The molecule has 1 aromatic rings. The number of hydrogen-bond donors (Lipinski definition) is 1. The van der Waals surface area contributed by atoms with Crippen molar-refractivity contribution in [3.05, 3.63) is 22.4 Å². The van der Waals surface area contributed by atoms with Crippen LogP contribution in [0.1, 0.15) is 25.1 Å². The average molecular weight is 255 g/mol. The zero-order chi connectivity index (χ0) is 12.1. The largest absolute Gasteiger partial charge is 0.374 e. The molecule has 1 heterocycles. The molecule has 1 saturated carbocycles. The highest BCUT2D eigenvalue weighted by Gasteiger charge is 2.42. The summed E-state index contributed by atoms with van der Waals surface area (Å²) in [6.07, 6.45) is 1.53. The van der Waals surface area contributed by atoms with Gasteiger partial charge in [-0.2, -0.15) is 0 Å². The van der Waals surface area contributed by atoms with E-state index in [2.05, 4.69) is 29.8 Å². The van der Waals surface area contributed by atoms with Gasteiger partial charge in [0.05, 0.1) is 18.8 Å². The summed E-state index contributed by atoms with van der Waals surface area (Å²) in [6, 6.07) is 4.64. The summed E-state index contributed by atoms with van der Waals surface area (Å²) >= 11 is 1.74. The van der Waals surface area contributed by atoms with Gasteiger partial charge in [0.25, 0.3) is 0 Å². The topological polar surface area (TPSA) is 30.5 Å². The number of hydrogen-bond acceptors (Lipinski definition) is 4. The molecule has 1 aromatic heterocycles. The first-order chi connectivity index (χ1) is 8.35. The Morgan fingerprint density at radius 3 is 2.94 bits per heavy atom. The molecular formula is C13H21NO2S. The summed E-state index contributed by atoms with van der Waals surface area (Å²) in [7, 11) is 0. The quantitative estimate of drug-likeness (QED) is 0.811. The number of nitrogens with one attached hydrogen (secondary N) is 1. The van der Waals surface area contributed by atoms with E-state index in [1.165, 1.54) is 4.88 Å². The van der Waals surface area contributed by atoms with E-state index < -0.39 is 0 Å². The lowest BCUT2D eigenvalue weighted by atomic mass is 9.85. The van der Waals surface area contributed by atoms with Crippen LogP contribution in [-0.4, -0.2) is 31.4 Å². The maximum atomic E-state index is 5.91. The fraction of sp³-hybridized carbons (Fsp3) is 0.692. The molecule has 4 heteroatoms. The molecule has 96 valence electrons. The van der Waals surface area contributed by atoms with Crippen LogP contribution in [0.25, 0.3) is 0 Å². The average Bonchev–Trinajstić information content (AvgIpc) is 2.83. The second-order valence-corrected chi connectivity index (χ2v) is 5.28. The summed E-state index contributed by atoms with van der Waals surface area (Å²) in [5, 5.41) is 5.52. The molecule has 3 atom stereocenters. The van der Waals surface area contributed by atoms with E-state index in [4.69, 9.17) is 9.47 Å². The Kier molecular flexibility index (Phi) is 4.98. The maximum absolute atomic E-state index is 5.91. The molecule has 0 spiro atoms. The van der Waals surface area contributed by atoms with Crippen molar-refractivity contribution >= 4 is 11.3 Å². The van der Waals surface area contributed by atoms with E-state index in [0.29, 0.717) is 12.6 Å². The maximum Gasteiger partial charge on any atom is 0.0990 e. The van der Waals surface area contributed by atoms with Gasteiger partial charge in [0.15, 0.2) is 0 Å². The van der Waals surface area contributed by atoms with Gasteiger partial charge in [-0.3, -0.25) is 0 Å². The van der Waals surface area contributed by atoms with Crippen LogP contribution < -0.4 is 5.32 Å². The van der Waals surface area contributed by atoms with Crippen molar-refractivity contribution in [2.24, 2.45) is 0 Å². The third kappa shape index (κ3) is 3.28. The summed E-state index contributed by atoms with van der Waals surface area (Å²) in [4.78, 5) is 1.28. The molecule has 1 fully saturated rings. The molecule has 1 N–H and O–H groups in total. The van der Waals surface area contributed by atoms with Gasteiger partial charge in [-0.1, -0.05) is 13.0 Å². The predicted molar refractivity (Wildman–Crippen MR) is 70.4 cm³/mol. The standard InChI is InChI=1S/C13H21NO2S/c1-3-14-11-8-12(13(11)15-4-2)16-9-10-6-5-7-17-10/h5-7,11-14H,3-4,8-9H2,1-2H3. The van der Waals surface area contributed by atoms with Crippen molar-refractivity contribution in [1.29, 1.82) is 0 Å². The van der Waals surface area contributed by atoms with E-state index in [-0.39, 0.29) is 12.2 Å². The Morgan fingerprint density at radius 2 is 2.29 bits per heavy atom. The fourth-order valence-corrected chi connectivity index (χ4v) is 2.83. The minimum absolute atomic E-state index is 0.222. The van der Waals surface area contributed by atoms with Crippen molar-refractivity contribution in [3.8, 4) is 0 Å². The van der Waals surface area contributed by atoms with Gasteiger partial charge in [0, 0.05) is 17.5 Å². The normalized spacial score (nSPS) is 28.0. The van der Waals surface area contributed by atoms with Gasteiger partial charge in [-0.25, -0.2) is 0 Å². The lowest BCUT2D eigenvalue weighted by Gasteiger charge is -2.44. The lowest BCUT2D eigenvalue weighted by molar-refractivity contribution is -0.149. The Morgan fingerprint density at radius 1 is 1.41 bits per heavy atom. The van der Waals surface area contributed by atoms with Crippen molar-refractivity contribution in [1.82, 2.24) is 5.32 Å². The van der Waals surface area contributed by atoms with Crippen LogP contribution in [0, 0.1) is 0 Å². The third-order valence-electron chi connectivity index (χ3n) is 3.09. The van der Waals surface area contributed by atoms with Crippen molar-refractivity contribution < 1.29 is 9.47 Å². The Balaban J connectivity index is 1.77. The van der Waals surface area contributed by atoms with Crippen molar-refractivity contribution in [3.63, 3.8) is 0 Å². The molecular weight excluding hydrogens is 234 g/mol. The second kappa shape index (κ2) is 6.50. The minimum atomic E-state index is 0.222. The van der Waals surface area contributed by atoms with E-state index >= 15 is 0 Å². The zero-order valence-electron chi connectivity index (χ0n) is 10.5. The fourth-order valence-electron chi connectivity index (χ4n) is 2.21. The Hall–Kier alpha value is -0.420. The SMILES string of the molecule is CCNC1CC(OCc2cccs2)C1OCC. The highest BCUT2D eigenvalue weighted by molar-refractivity contribution is 7.09. The van der Waals surface area contributed by atoms with Gasteiger partial charge >= 0.3 is 0 Å². The van der Waals surface area contributed by atoms with Gasteiger partial charge in [-0.15, -0.1) is 11.3 Å². The molecule has 2 rings (SSSR count).